The van der Waals surface area contributed by atoms with E-state index in [0.29, 0.717) is 0 Å². The fourth-order valence-electron chi connectivity index (χ4n) is 8.29. The molecule has 2 nitrogen and oxygen atoms in total. The number of benzene rings is 8. The number of fused-ring (bicyclic) bond motifs is 5. The van der Waals surface area contributed by atoms with E-state index in [2.05, 4.69) is 172 Å². The van der Waals surface area contributed by atoms with E-state index in [0.717, 1.165) is 33.9 Å². The van der Waals surface area contributed by atoms with Gasteiger partial charge in [0.05, 0.1) is 11.4 Å². The van der Waals surface area contributed by atoms with E-state index >= 15 is 0 Å². The van der Waals surface area contributed by atoms with Crippen molar-refractivity contribution < 1.29 is 0 Å². The molecule has 53 heavy (non-hydrogen) atoms. The molecule has 0 amide bonds. The predicted octanol–water partition coefficient (Wildman–Crippen LogP) is 13.4. The van der Waals surface area contributed by atoms with E-state index in [1.165, 1.54) is 66.1 Å². The van der Waals surface area contributed by atoms with E-state index in [1.54, 1.807) is 0 Å². The van der Waals surface area contributed by atoms with Gasteiger partial charge in [-0.25, -0.2) is 9.97 Å². The highest BCUT2D eigenvalue weighted by Gasteiger charge is 2.35. The molecule has 0 fully saturated rings. The van der Waals surface area contributed by atoms with Crippen LogP contribution in [-0.4, -0.2) is 9.97 Å². The molecule has 250 valence electrons. The highest BCUT2D eigenvalue weighted by atomic mass is 14.9. The molecular formula is C51H36N2. The molecule has 1 aliphatic rings. The van der Waals surface area contributed by atoms with Crippen LogP contribution in [0.4, 0.5) is 0 Å². The summed E-state index contributed by atoms with van der Waals surface area (Å²) in [5, 5.41) is 4.95. The van der Waals surface area contributed by atoms with Crippen LogP contribution in [0.5, 0.6) is 0 Å². The Morgan fingerprint density at radius 1 is 0.340 bits per heavy atom. The van der Waals surface area contributed by atoms with Crippen molar-refractivity contribution in [1.82, 2.24) is 9.97 Å². The largest absolute Gasteiger partial charge is 0.228 e. The van der Waals surface area contributed by atoms with Gasteiger partial charge in [0.25, 0.3) is 0 Å². The van der Waals surface area contributed by atoms with Gasteiger partial charge in [0.1, 0.15) is 0 Å². The number of rotatable bonds is 5. The van der Waals surface area contributed by atoms with Gasteiger partial charge in [-0.15, -0.1) is 0 Å². The van der Waals surface area contributed by atoms with Crippen molar-refractivity contribution in [1.29, 1.82) is 0 Å². The molecule has 0 saturated carbocycles. The second-order valence-corrected chi connectivity index (χ2v) is 14.6. The fraction of sp³-hybridized carbons (Fsp3) is 0.0588. The van der Waals surface area contributed by atoms with Crippen LogP contribution in [0.3, 0.4) is 0 Å². The zero-order valence-corrected chi connectivity index (χ0v) is 29.7. The third-order valence-corrected chi connectivity index (χ3v) is 11.1. The third kappa shape index (κ3) is 5.26. The maximum absolute atomic E-state index is 5.15. The van der Waals surface area contributed by atoms with Crippen LogP contribution >= 0.6 is 0 Å². The molecule has 9 aromatic rings. The summed E-state index contributed by atoms with van der Waals surface area (Å²) >= 11 is 0. The molecule has 0 atom stereocenters. The number of aromatic nitrogens is 2. The Morgan fingerprint density at radius 3 is 1.62 bits per heavy atom. The zero-order chi connectivity index (χ0) is 35.5. The first-order chi connectivity index (χ1) is 26.0. The first-order valence-electron chi connectivity index (χ1n) is 18.3. The number of nitrogens with zero attached hydrogens (tertiary/aromatic N) is 2. The minimum absolute atomic E-state index is 0.0394. The summed E-state index contributed by atoms with van der Waals surface area (Å²) < 4.78 is 0. The lowest BCUT2D eigenvalue weighted by Crippen LogP contribution is -2.14. The van der Waals surface area contributed by atoms with Crippen LogP contribution in [0.2, 0.25) is 0 Å². The molecule has 0 bridgehead atoms. The van der Waals surface area contributed by atoms with Crippen molar-refractivity contribution in [2.45, 2.75) is 19.3 Å². The minimum atomic E-state index is -0.0394. The second-order valence-electron chi connectivity index (χ2n) is 14.6. The first-order valence-corrected chi connectivity index (χ1v) is 18.3. The van der Waals surface area contributed by atoms with Gasteiger partial charge in [0, 0.05) is 22.1 Å². The van der Waals surface area contributed by atoms with Gasteiger partial charge in [-0.1, -0.05) is 172 Å². The van der Waals surface area contributed by atoms with Crippen LogP contribution < -0.4 is 0 Å². The first kappa shape index (κ1) is 31.1. The highest BCUT2D eigenvalue weighted by molar-refractivity contribution is 6.05. The normalized spacial score (nSPS) is 12.9. The lowest BCUT2D eigenvalue weighted by Gasteiger charge is -2.22. The lowest BCUT2D eigenvalue weighted by molar-refractivity contribution is 0.661. The smallest absolute Gasteiger partial charge is 0.160 e. The van der Waals surface area contributed by atoms with Gasteiger partial charge >= 0.3 is 0 Å². The molecule has 0 saturated heterocycles. The Kier molecular flexibility index (Phi) is 7.19. The van der Waals surface area contributed by atoms with Crippen LogP contribution in [-0.2, 0) is 5.41 Å². The maximum Gasteiger partial charge on any atom is 0.160 e. The summed E-state index contributed by atoms with van der Waals surface area (Å²) in [7, 11) is 0. The molecule has 0 unspecified atom stereocenters. The Labute approximate surface area is 310 Å². The SMILES string of the molecule is CC1(C)c2ccc(-c3ccc(-c4ccc(-c5cc(-c6ccccc6)nc(-c6ccccc6)n5)c5ccccc45)cc3)cc2-c2cc3ccccc3cc21. The van der Waals surface area contributed by atoms with Crippen LogP contribution in [0.15, 0.2) is 182 Å². The van der Waals surface area contributed by atoms with Crippen LogP contribution in [0.1, 0.15) is 25.0 Å². The van der Waals surface area contributed by atoms with Crippen molar-refractivity contribution >= 4 is 21.5 Å². The molecule has 8 aromatic carbocycles. The molecule has 1 aliphatic carbocycles. The average molecular weight is 677 g/mol. The van der Waals surface area contributed by atoms with Gasteiger partial charge in [0.2, 0.25) is 0 Å². The summed E-state index contributed by atoms with van der Waals surface area (Å²) in [5.74, 6) is 0.720. The Morgan fingerprint density at radius 2 is 0.887 bits per heavy atom. The van der Waals surface area contributed by atoms with Gasteiger partial charge in [-0.05, 0) is 90.3 Å². The second kappa shape index (κ2) is 12.3. The van der Waals surface area contributed by atoms with Crippen molar-refractivity contribution in [2.75, 3.05) is 0 Å². The van der Waals surface area contributed by atoms with E-state index in [9.17, 15) is 0 Å². The molecule has 0 N–H and O–H groups in total. The monoisotopic (exact) mass is 676 g/mol. The Bertz CT molecular complexity index is 2780. The zero-order valence-electron chi connectivity index (χ0n) is 29.7. The number of hydrogen-bond acceptors (Lipinski definition) is 2. The quantitative estimate of drug-likeness (QED) is 0.181. The lowest BCUT2D eigenvalue weighted by atomic mass is 9.81. The van der Waals surface area contributed by atoms with Gasteiger partial charge in [0.15, 0.2) is 5.82 Å². The summed E-state index contributed by atoms with van der Waals surface area (Å²) in [6, 6.07) is 65.4. The number of hydrogen-bond donors (Lipinski definition) is 0. The standard InChI is InChI=1S/C51H36N2/c1-51(2)46-28-25-39(30-44(46)45-29-37-17-9-10-18-38(37)31-47(45)51)33-21-23-34(24-22-33)40-26-27-43(42-20-12-11-19-41(40)42)49-32-48(35-13-5-3-6-14-35)52-50(53-49)36-15-7-4-8-16-36/h3-32H,1-2H3. The predicted molar refractivity (Wildman–Crippen MR) is 222 cm³/mol. The molecule has 1 heterocycles. The topological polar surface area (TPSA) is 25.8 Å². The molecule has 1 aromatic heterocycles. The van der Waals surface area contributed by atoms with E-state index in [4.69, 9.17) is 9.97 Å². The summed E-state index contributed by atoms with van der Waals surface area (Å²) in [6.07, 6.45) is 0. The summed E-state index contributed by atoms with van der Waals surface area (Å²) in [5.41, 5.74) is 15.3. The van der Waals surface area contributed by atoms with E-state index in [-0.39, 0.29) is 5.41 Å². The molecule has 0 radical (unpaired) electrons. The van der Waals surface area contributed by atoms with Crippen molar-refractivity contribution in [3.63, 3.8) is 0 Å². The molecular weight excluding hydrogens is 641 g/mol. The third-order valence-electron chi connectivity index (χ3n) is 11.1. The van der Waals surface area contributed by atoms with Gasteiger partial charge < -0.3 is 0 Å². The Balaban J connectivity index is 1.04. The van der Waals surface area contributed by atoms with Crippen LogP contribution in [0, 0.1) is 0 Å². The molecule has 2 heteroatoms. The van der Waals surface area contributed by atoms with Gasteiger partial charge in [-0.3, -0.25) is 0 Å². The van der Waals surface area contributed by atoms with Crippen molar-refractivity contribution in [2.24, 2.45) is 0 Å². The van der Waals surface area contributed by atoms with E-state index in [1.807, 2.05) is 24.3 Å². The average Bonchev–Trinajstić information content (AvgIpc) is 3.44. The minimum Gasteiger partial charge on any atom is -0.228 e. The Hall–Kier alpha value is -6.64. The van der Waals surface area contributed by atoms with E-state index < -0.39 is 0 Å². The van der Waals surface area contributed by atoms with Crippen molar-refractivity contribution in [3.05, 3.63) is 193 Å². The van der Waals surface area contributed by atoms with Crippen LogP contribution in [0.25, 0.3) is 88.8 Å². The van der Waals surface area contributed by atoms with Gasteiger partial charge in [-0.2, -0.15) is 0 Å². The highest BCUT2D eigenvalue weighted by Crippen LogP contribution is 2.51. The fourth-order valence-corrected chi connectivity index (χ4v) is 8.29. The molecule has 0 aliphatic heterocycles. The molecule has 0 spiro atoms. The summed E-state index contributed by atoms with van der Waals surface area (Å²) in [6.45, 7) is 4.71. The summed E-state index contributed by atoms with van der Waals surface area (Å²) in [4.78, 5) is 10.2. The maximum atomic E-state index is 5.15. The molecule has 10 rings (SSSR count). The van der Waals surface area contributed by atoms with Crippen molar-refractivity contribution in [3.8, 4) is 67.3 Å².